The first-order valence-electron chi connectivity index (χ1n) is 7.13. The molecule has 110 valence electrons. The van der Waals surface area contributed by atoms with Crippen LogP contribution in [-0.2, 0) is 9.59 Å². The van der Waals surface area contributed by atoms with E-state index in [2.05, 4.69) is 5.32 Å². The number of hydrogen-bond acceptors (Lipinski definition) is 3. The molecule has 0 aromatic rings. The van der Waals surface area contributed by atoms with Crippen LogP contribution in [0, 0.1) is 11.3 Å². The van der Waals surface area contributed by atoms with E-state index in [-0.39, 0.29) is 23.8 Å². The van der Waals surface area contributed by atoms with E-state index < -0.39 is 5.97 Å². The first kappa shape index (κ1) is 16.0. The zero-order chi connectivity index (χ0) is 14.5. The van der Waals surface area contributed by atoms with Crippen LogP contribution in [0.4, 0.5) is 0 Å². The summed E-state index contributed by atoms with van der Waals surface area (Å²) >= 11 is 0. The Morgan fingerprint density at radius 1 is 1.32 bits per heavy atom. The van der Waals surface area contributed by atoms with Crippen LogP contribution in [0.25, 0.3) is 0 Å². The van der Waals surface area contributed by atoms with E-state index in [9.17, 15) is 9.59 Å². The maximum Gasteiger partial charge on any atom is 0.323 e. The number of carbonyl (C=O) groups is 2. The van der Waals surface area contributed by atoms with Gasteiger partial charge >= 0.3 is 5.97 Å². The number of piperidine rings is 1. The van der Waals surface area contributed by atoms with E-state index in [0.717, 1.165) is 32.4 Å². The number of hydrogen-bond donors (Lipinski definition) is 2. The maximum atomic E-state index is 12.8. The molecule has 0 aliphatic carbocycles. The van der Waals surface area contributed by atoms with Gasteiger partial charge in [0.15, 0.2) is 0 Å². The summed E-state index contributed by atoms with van der Waals surface area (Å²) in [5.41, 5.74) is -0.365. The Hall–Kier alpha value is -1.10. The van der Waals surface area contributed by atoms with Crippen molar-refractivity contribution in [3.05, 3.63) is 0 Å². The van der Waals surface area contributed by atoms with Crippen molar-refractivity contribution in [2.45, 2.75) is 40.0 Å². The second-order valence-corrected chi connectivity index (χ2v) is 5.86. The molecule has 5 heteroatoms. The molecule has 1 heterocycles. The largest absolute Gasteiger partial charge is 0.480 e. The Morgan fingerprint density at radius 2 is 1.89 bits per heavy atom. The standard InChI is InChI=1S/C14H26N2O3/c1-4-14(5-7-15-8-6-14)13(19)16(9-11(2)3)10-12(17)18/h11,15H,4-10H2,1-3H3,(H,17,18). The summed E-state index contributed by atoms with van der Waals surface area (Å²) in [6, 6.07) is 0. The van der Waals surface area contributed by atoms with Gasteiger partial charge in [-0.05, 0) is 38.3 Å². The number of amides is 1. The van der Waals surface area contributed by atoms with Gasteiger partial charge in [-0.1, -0.05) is 20.8 Å². The molecule has 0 aromatic heterocycles. The highest BCUT2D eigenvalue weighted by Crippen LogP contribution is 2.34. The molecule has 0 unspecified atom stereocenters. The lowest BCUT2D eigenvalue weighted by atomic mass is 9.75. The molecule has 1 fully saturated rings. The molecule has 5 nitrogen and oxygen atoms in total. The van der Waals surface area contributed by atoms with E-state index in [1.165, 1.54) is 4.90 Å². The highest BCUT2D eigenvalue weighted by Gasteiger charge is 2.40. The summed E-state index contributed by atoms with van der Waals surface area (Å²) in [5, 5.41) is 12.3. The third-order valence-corrected chi connectivity index (χ3v) is 3.89. The quantitative estimate of drug-likeness (QED) is 0.764. The normalized spacial score (nSPS) is 18.3. The van der Waals surface area contributed by atoms with Crippen molar-refractivity contribution in [3.8, 4) is 0 Å². The summed E-state index contributed by atoms with van der Waals surface area (Å²) in [7, 11) is 0. The molecule has 1 saturated heterocycles. The lowest BCUT2D eigenvalue weighted by Crippen LogP contribution is -2.51. The molecule has 1 rings (SSSR count). The highest BCUT2D eigenvalue weighted by molar-refractivity contribution is 5.86. The topological polar surface area (TPSA) is 69.6 Å². The molecule has 0 bridgehead atoms. The van der Waals surface area contributed by atoms with Gasteiger partial charge in [-0.3, -0.25) is 9.59 Å². The predicted molar refractivity (Wildman–Crippen MR) is 73.9 cm³/mol. The number of rotatable bonds is 6. The van der Waals surface area contributed by atoms with Crippen LogP contribution in [-0.4, -0.2) is 48.1 Å². The van der Waals surface area contributed by atoms with E-state index in [1.54, 1.807) is 0 Å². The second-order valence-electron chi connectivity index (χ2n) is 5.86. The Kier molecular flexibility index (Phi) is 5.79. The van der Waals surface area contributed by atoms with Crippen LogP contribution in [0.5, 0.6) is 0 Å². The van der Waals surface area contributed by atoms with Crippen molar-refractivity contribution in [2.75, 3.05) is 26.2 Å². The monoisotopic (exact) mass is 270 g/mol. The Labute approximate surface area is 115 Å². The average Bonchev–Trinajstić information content (AvgIpc) is 2.36. The summed E-state index contributed by atoms with van der Waals surface area (Å²) in [4.78, 5) is 25.3. The fourth-order valence-corrected chi connectivity index (χ4v) is 2.78. The summed E-state index contributed by atoms with van der Waals surface area (Å²) in [6.07, 6.45) is 2.38. The number of carboxylic acids is 1. The molecular formula is C14H26N2O3. The number of carboxylic acid groups (broad SMARTS) is 1. The summed E-state index contributed by atoms with van der Waals surface area (Å²) in [6.45, 7) is 8.03. The van der Waals surface area contributed by atoms with Crippen molar-refractivity contribution < 1.29 is 14.7 Å². The van der Waals surface area contributed by atoms with Gasteiger partial charge in [-0.15, -0.1) is 0 Å². The number of nitrogens with one attached hydrogen (secondary N) is 1. The molecule has 0 spiro atoms. The van der Waals surface area contributed by atoms with E-state index >= 15 is 0 Å². The first-order chi connectivity index (χ1) is 8.91. The molecule has 2 N–H and O–H groups in total. The Balaban J connectivity index is 2.85. The van der Waals surface area contributed by atoms with Crippen molar-refractivity contribution in [2.24, 2.45) is 11.3 Å². The van der Waals surface area contributed by atoms with Gasteiger partial charge in [-0.2, -0.15) is 0 Å². The SMILES string of the molecule is CCC1(C(=O)N(CC(=O)O)CC(C)C)CCNCC1. The number of nitrogens with zero attached hydrogens (tertiary/aromatic N) is 1. The van der Waals surface area contributed by atoms with Crippen LogP contribution >= 0.6 is 0 Å². The van der Waals surface area contributed by atoms with Gasteiger partial charge in [0.25, 0.3) is 0 Å². The molecular weight excluding hydrogens is 244 g/mol. The van der Waals surface area contributed by atoms with Gasteiger partial charge in [-0.25, -0.2) is 0 Å². The molecule has 1 aliphatic heterocycles. The lowest BCUT2D eigenvalue weighted by Gasteiger charge is -2.39. The van der Waals surface area contributed by atoms with Gasteiger partial charge in [0, 0.05) is 6.54 Å². The fourth-order valence-electron chi connectivity index (χ4n) is 2.78. The Morgan fingerprint density at radius 3 is 2.32 bits per heavy atom. The molecule has 0 saturated carbocycles. The van der Waals surface area contributed by atoms with Crippen LogP contribution < -0.4 is 5.32 Å². The first-order valence-corrected chi connectivity index (χ1v) is 7.13. The summed E-state index contributed by atoms with van der Waals surface area (Å²) in [5.74, 6) is -0.638. The molecule has 1 aliphatic rings. The predicted octanol–water partition coefficient (Wildman–Crippen LogP) is 1.34. The maximum absolute atomic E-state index is 12.8. The number of aliphatic carboxylic acids is 1. The Bertz CT molecular complexity index is 323. The minimum Gasteiger partial charge on any atom is -0.480 e. The van der Waals surface area contributed by atoms with Crippen LogP contribution in [0.3, 0.4) is 0 Å². The lowest BCUT2D eigenvalue weighted by molar-refractivity contribution is -0.151. The van der Waals surface area contributed by atoms with Gasteiger partial charge in [0.05, 0.1) is 5.41 Å². The third-order valence-electron chi connectivity index (χ3n) is 3.89. The minimum absolute atomic E-state index is 0.0209. The highest BCUT2D eigenvalue weighted by atomic mass is 16.4. The van der Waals surface area contributed by atoms with Crippen molar-refractivity contribution in [3.63, 3.8) is 0 Å². The van der Waals surface area contributed by atoms with Crippen LogP contribution in [0.1, 0.15) is 40.0 Å². The molecule has 0 atom stereocenters. The van der Waals surface area contributed by atoms with Crippen molar-refractivity contribution >= 4 is 11.9 Å². The average molecular weight is 270 g/mol. The summed E-state index contributed by atoms with van der Waals surface area (Å²) < 4.78 is 0. The molecule has 19 heavy (non-hydrogen) atoms. The van der Waals surface area contributed by atoms with Crippen molar-refractivity contribution in [1.82, 2.24) is 10.2 Å². The van der Waals surface area contributed by atoms with Crippen LogP contribution in [0.15, 0.2) is 0 Å². The minimum atomic E-state index is -0.936. The zero-order valence-electron chi connectivity index (χ0n) is 12.2. The van der Waals surface area contributed by atoms with Gasteiger partial charge < -0.3 is 15.3 Å². The van der Waals surface area contributed by atoms with E-state index in [1.807, 2.05) is 20.8 Å². The van der Waals surface area contributed by atoms with Gasteiger partial charge in [0.2, 0.25) is 5.91 Å². The molecule has 0 aromatic carbocycles. The van der Waals surface area contributed by atoms with Gasteiger partial charge in [0.1, 0.15) is 6.54 Å². The van der Waals surface area contributed by atoms with E-state index in [4.69, 9.17) is 5.11 Å². The van der Waals surface area contributed by atoms with Crippen molar-refractivity contribution in [1.29, 1.82) is 0 Å². The smallest absolute Gasteiger partial charge is 0.323 e. The third kappa shape index (κ3) is 4.20. The fraction of sp³-hybridized carbons (Fsp3) is 0.857. The molecule has 0 radical (unpaired) electrons. The number of carbonyl (C=O) groups excluding carboxylic acids is 1. The zero-order valence-corrected chi connectivity index (χ0v) is 12.2. The van der Waals surface area contributed by atoms with E-state index in [0.29, 0.717) is 6.54 Å². The molecule has 1 amide bonds. The van der Waals surface area contributed by atoms with Crippen LogP contribution in [0.2, 0.25) is 0 Å². The second kappa shape index (κ2) is 6.89.